The fraction of sp³-hybridized carbons (Fsp3) is 0.222. The minimum Gasteiger partial charge on any atom is -0.377 e. The average molecular weight is 383 g/mol. The van der Waals surface area contributed by atoms with Gasteiger partial charge in [-0.2, -0.15) is 10.1 Å². The van der Waals surface area contributed by atoms with E-state index < -0.39 is 0 Å². The van der Waals surface area contributed by atoms with Gasteiger partial charge in [0.2, 0.25) is 0 Å². The van der Waals surface area contributed by atoms with Crippen LogP contribution in [0.1, 0.15) is 11.6 Å². The summed E-state index contributed by atoms with van der Waals surface area (Å²) in [5.74, 6) is 0.608. The highest BCUT2D eigenvalue weighted by Crippen LogP contribution is 2.24. The lowest BCUT2D eigenvalue weighted by atomic mass is 10.2. The Balaban J connectivity index is 1.52. The van der Waals surface area contributed by atoms with Crippen molar-refractivity contribution in [1.29, 1.82) is 0 Å². The summed E-state index contributed by atoms with van der Waals surface area (Å²) in [5, 5.41) is 4.81. The van der Waals surface area contributed by atoms with Crippen molar-refractivity contribution in [1.82, 2.24) is 28.9 Å². The lowest BCUT2D eigenvalue weighted by molar-refractivity contribution is -0.0286. The molecule has 0 saturated carbocycles. The van der Waals surface area contributed by atoms with Crippen LogP contribution in [0.4, 0.5) is 0 Å². The molecule has 5 heterocycles. The van der Waals surface area contributed by atoms with Crippen LogP contribution in [-0.4, -0.2) is 42.1 Å². The Morgan fingerprint density at radius 1 is 1.22 bits per heavy atom. The topological polar surface area (TPSA) is 79.8 Å². The van der Waals surface area contributed by atoms with Crippen molar-refractivity contribution < 1.29 is 4.74 Å². The molecule has 2 aromatic heterocycles. The van der Waals surface area contributed by atoms with E-state index in [1.807, 2.05) is 39.8 Å². The summed E-state index contributed by atoms with van der Waals surface area (Å²) < 4.78 is 10.5. The third kappa shape index (κ3) is 2.83. The highest BCUT2D eigenvalue weighted by Gasteiger charge is 2.24. The van der Waals surface area contributed by atoms with E-state index in [0.717, 1.165) is 11.3 Å². The molecule has 9 heteroatoms. The molecule has 0 atom stereocenters. The lowest BCUT2D eigenvalue weighted by Gasteiger charge is -2.25. The van der Waals surface area contributed by atoms with Crippen LogP contribution in [0.2, 0.25) is 5.15 Å². The Morgan fingerprint density at radius 3 is 2.85 bits per heavy atom. The van der Waals surface area contributed by atoms with Gasteiger partial charge in [0, 0.05) is 18.6 Å². The number of aromatic nitrogens is 6. The van der Waals surface area contributed by atoms with Crippen LogP contribution in [0, 0.1) is 0 Å². The summed E-state index contributed by atoms with van der Waals surface area (Å²) in [4.78, 5) is 21.0. The molecule has 3 aliphatic rings. The zero-order valence-corrected chi connectivity index (χ0v) is 15.0. The van der Waals surface area contributed by atoms with Gasteiger partial charge >= 0.3 is 5.69 Å². The number of halogens is 1. The molecule has 0 radical (unpaired) electrons. The normalized spacial score (nSPS) is 14.6. The number of hydrogen-bond acceptors (Lipinski definition) is 5. The first-order valence-corrected chi connectivity index (χ1v) is 8.87. The molecular weight excluding hydrogens is 368 g/mol. The highest BCUT2D eigenvalue weighted by molar-refractivity contribution is 6.29. The molecule has 0 amide bonds. The zero-order valence-electron chi connectivity index (χ0n) is 14.2. The molecular formula is C18H15ClN6O2. The molecule has 0 N–H and O–H groups in total. The summed E-state index contributed by atoms with van der Waals surface area (Å²) >= 11 is 5.85. The predicted molar refractivity (Wildman–Crippen MR) is 98.4 cm³/mol. The molecule has 0 aliphatic carbocycles. The minimum absolute atomic E-state index is 0.228. The second-order valence-electron chi connectivity index (χ2n) is 6.43. The van der Waals surface area contributed by atoms with Crippen LogP contribution in [0.5, 0.6) is 0 Å². The summed E-state index contributed by atoms with van der Waals surface area (Å²) in [7, 11) is 0. The quantitative estimate of drug-likeness (QED) is 0.504. The fourth-order valence-electron chi connectivity index (χ4n) is 3.16. The molecule has 1 fully saturated rings. The average Bonchev–Trinajstić information content (AvgIpc) is 3.19. The van der Waals surface area contributed by atoms with Gasteiger partial charge in [-0.25, -0.2) is 9.78 Å². The molecule has 0 bridgehead atoms. The first kappa shape index (κ1) is 16.2. The van der Waals surface area contributed by atoms with Gasteiger partial charge in [-0.3, -0.25) is 9.25 Å². The maximum Gasteiger partial charge on any atom is 0.354 e. The van der Waals surface area contributed by atoms with Crippen LogP contribution in [-0.2, 0) is 11.3 Å². The number of fused-ring (bicyclic) bond motifs is 1. The van der Waals surface area contributed by atoms with E-state index in [1.54, 1.807) is 23.0 Å². The van der Waals surface area contributed by atoms with E-state index in [9.17, 15) is 4.79 Å². The molecule has 5 rings (SSSR count). The van der Waals surface area contributed by atoms with E-state index >= 15 is 0 Å². The Kier molecular flexibility index (Phi) is 3.80. The third-order valence-corrected chi connectivity index (χ3v) is 4.86. The second-order valence-corrected chi connectivity index (χ2v) is 6.82. The summed E-state index contributed by atoms with van der Waals surface area (Å²) in [5.41, 5.74) is 2.06. The SMILES string of the molecule is O=c1nc2n(Cc3ccc(Cl)nc3)cccc-2n1-c1cnn(C2COC2)c1. The van der Waals surface area contributed by atoms with Gasteiger partial charge in [0.15, 0.2) is 5.82 Å². The van der Waals surface area contributed by atoms with Crippen molar-refractivity contribution in [2.75, 3.05) is 13.2 Å². The molecule has 136 valence electrons. The van der Waals surface area contributed by atoms with Gasteiger partial charge in [-0.1, -0.05) is 17.7 Å². The molecule has 8 nitrogen and oxygen atoms in total. The third-order valence-electron chi connectivity index (χ3n) is 4.64. The Bertz CT molecular complexity index is 1130. The van der Waals surface area contributed by atoms with Gasteiger partial charge in [-0.15, -0.1) is 0 Å². The number of hydrogen-bond donors (Lipinski definition) is 0. The largest absolute Gasteiger partial charge is 0.377 e. The van der Waals surface area contributed by atoms with Gasteiger partial charge in [-0.05, 0) is 23.8 Å². The molecule has 1 saturated heterocycles. The molecule has 27 heavy (non-hydrogen) atoms. The standard InChI is InChI=1S/C18H15ClN6O2/c19-16-4-3-12(6-20-16)8-23-5-1-2-15-17(23)22-18(26)25(15)13-7-21-24(9-13)14-10-27-11-14/h1-7,9,14H,8,10-11H2. The van der Waals surface area contributed by atoms with Gasteiger partial charge in [0.1, 0.15) is 5.15 Å². The predicted octanol–water partition coefficient (Wildman–Crippen LogP) is 2.00. The van der Waals surface area contributed by atoms with Crippen LogP contribution in [0.15, 0.2) is 53.8 Å². The van der Waals surface area contributed by atoms with Gasteiger partial charge in [0.25, 0.3) is 0 Å². The Morgan fingerprint density at radius 2 is 2.11 bits per heavy atom. The monoisotopic (exact) mass is 382 g/mol. The first-order chi connectivity index (χ1) is 13.2. The van der Waals surface area contributed by atoms with Crippen molar-refractivity contribution >= 4 is 11.6 Å². The van der Waals surface area contributed by atoms with E-state index in [2.05, 4.69) is 15.1 Å². The second kappa shape index (κ2) is 6.33. The van der Waals surface area contributed by atoms with Crippen molar-refractivity contribution in [2.24, 2.45) is 0 Å². The van der Waals surface area contributed by atoms with E-state index in [0.29, 0.717) is 36.4 Å². The smallest absolute Gasteiger partial charge is 0.354 e. The number of nitrogens with zero attached hydrogens (tertiary/aromatic N) is 6. The van der Waals surface area contributed by atoms with Crippen molar-refractivity contribution in [3.8, 4) is 17.2 Å². The van der Waals surface area contributed by atoms with Gasteiger partial charge in [0.05, 0.1) is 43.4 Å². The van der Waals surface area contributed by atoms with E-state index in [-0.39, 0.29) is 11.7 Å². The molecule has 2 aromatic rings. The van der Waals surface area contributed by atoms with Crippen molar-refractivity contribution in [3.63, 3.8) is 0 Å². The summed E-state index contributed by atoms with van der Waals surface area (Å²) in [6.45, 7) is 1.83. The number of rotatable bonds is 4. The minimum atomic E-state index is -0.330. The lowest BCUT2D eigenvalue weighted by Crippen LogP contribution is -2.30. The van der Waals surface area contributed by atoms with Crippen LogP contribution in [0.25, 0.3) is 17.2 Å². The molecule has 0 spiro atoms. The fourth-order valence-corrected chi connectivity index (χ4v) is 3.27. The van der Waals surface area contributed by atoms with Crippen molar-refractivity contribution in [2.45, 2.75) is 12.6 Å². The summed E-state index contributed by atoms with van der Waals surface area (Å²) in [6, 6.07) is 7.65. The summed E-state index contributed by atoms with van der Waals surface area (Å²) in [6.07, 6.45) is 7.15. The molecule has 3 aliphatic heterocycles. The van der Waals surface area contributed by atoms with E-state index in [1.165, 1.54) is 0 Å². The first-order valence-electron chi connectivity index (χ1n) is 8.50. The number of ether oxygens (including phenoxy) is 1. The Hall–Kier alpha value is -2.97. The maximum atomic E-state index is 12.6. The van der Waals surface area contributed by atoms with Crippen LogP contribution < -0.4 is 5.69 Å². The van der Waals surface area contributed by atoms with Crippen LogP contribution in [0.3, 0.4) is 0 Å². The highest BCUT2D eigenvalue weighted by atomic mass is 35.5. The molecule has 0 unspecified atom stereocenters. The van der Waals surface area contributed by atoms with Crippen molar-refractivity contribution in [3.05, 3.63) is 70.3 Å². The van der Waals surface area contributed by atoms with Crippen LogP contribution >= 0.6 is 11.6 Å². The zero-order chi connectivity index (χ0) is 18.4. The van der Waals surface area contributed by atoms with Gasteiger partial charge < -0.3 is 9.30 Å². The van der Waals surface area contributed by atoms with E-state index in [4.69, 9.17) is 16.3 Å². The number of pyridine rings is 2. The number of imidazole rings is 1. The maximum absolute atomic E-state index is 12.6. The molecule has 0 aromatic carbocycles. The Labute approximate surface area is 159 Å².